The quantitative estimate of drug-likeness (QED) is 0.542. The topological polar surface area (TPSA) is 137 Å². The number of sulfonamides is 1. The fourth-order valence-corrected chi connectivity index (χ4v) is 2.82. The summed E-state index contributed by atoms with van der Waals surface area (Å²) in [5.74, 6) is -1.11. The Morgan fingerprint density at radius 1 is 1.00 bits per heavy atom. The third-order valence-corrected chi connectivity index (χ3v) is 4.42. The van der Waals surface area contributed by atoms with E-state index in [1.165, 1.54) is 24.3 Å². The number of imide groups is 1. The largest absolute Gasteiger partial charge is 0.494 e. The standard InChI is InChI=1S/C16H22N2O8S/c1-3-24-12-5-7-13(8-6-12)27(22,23)17-10-9-15(20)26-11-14(19)18-16(21)25-4-2/h5-8,17H,3-4,9-11H2,1-2H3,(H,18,19,21). The minimum Gasteiger partial charge on any atom is -0.494 e. The van der Waals surface area contributed by atoms with Crippen LogP contribution >= 0.6 is 0 Å². The Hall–Kier alpha value is -2.66. The smallest absolute Gasteiger partial charge is 0.413 e. The molecule has 0 heterocycles. The molecule has 0 unspecified atom stereocenters. The second-order valence-electron chi connectivity index (χ2n) is 4.98. The van der Waals surface area contributed by atoms with Gasteiger partial charge in [-0.1, -0.05) is 0 Å². The van der Waals surface area contributed by atoms with Crippen molar-refractivity contribution in [3.63, 3.8) is 0 Å². The number of carbonyl (C=O) groups is 3. The van der Waals surface area contributed by atoms with E-state index < -0.39 is 34.6 Å². The van der Waals surface area contributed by atoms with Gasteiger partial charge in [0.15, 0.2) is 6.61 Å². The summed E-state index contributed by atoms with van der Waals surface area (Å²) in [6.45, 7) is 3.04. The Labute approximate surface area is 157 Å². The number of hydrogen-bond acceptors (Lipinski definition) is 8. The summed E-state index contributed by atoms with van der Waals surface area (Å²) in [5.41, 5.74) is 0. The summed E-state index contributed by atoms with van der Waals surface area (Å²) in [5, 5.41) is 1.85. The van der Waals surface area contributed by atoms with Gasteiger partial charge in [-0.3, -0.25) is 14.9 Å². The Bertz CT molecular complexity index is 746. The molecule has 150 valence electrons. The second-order valence-corrected chi connectivity index (χ2v) is 6.75. The van der Waals surface area contributed by atoms with Crippen LogP contribution in [0.15, 0.2) is 29.2 Å². The molecule has 1 aromatic carbocycles. The lowest BCUT2D eigenvalue weighted by molar-refractivity contribution is -0.148. The molecule has 0 spiro atoms. The lowest BCUT2D eigenvalue weighted by atomic mass is 10.3. The molecule has 10 nitrogen and oxygen atoms in total. The van der Waals surface area contributed by atoms with Gasteiger partial charge in [0, 0.05) is 6.54 Å². The molecule has 0 bridgehead atoms. The van der Waals surface area contributed by atoms with Crippen LogP contribution in [0.5, 0.6) is 5.75 Å². The van der Waals surface area contributed by atoms with Crippen molar-refractivity contribution in [1.82, 2.24) is 10.0 Å². The number of alkyl carbamates (subject to hydrolysis) is 1. The van der Waals surface area contributed by atoms with E-state index >= 15 is 0 Å². The summed E-state index contributed by atoms with van der Waals surface area (Å²) in [6, 6.07) is 5.81. The van der Waals surface area contributed by atoms with Crippen LogP contribution in [0.4, 0.5) is 4.79 Å². The van der Waals surface area contributed by atoms with Crippen LogP contribution in [-0.4, -0.2) is 52.8 Å². The highest BCUT2D eigenvalue weighted by atomic mass is 32.2. The predicted molar refractivity (Wildman–Crippen MR) is 93.5 cm³/mol. The van der Waals surface area contributed by atoms with Crippen LogP contribution in [0.1, 0.15) is 20.3 Å². The van der Waals surface area contributed by atoms with Gasteiger partial charge in [-0.05, 0) is 38.1 Å². The Kier molecular flexibility index (Phi) is 9.23. The van der Waals surface area contributed by atoms with Crippen molar-refractivity contribution in [2.75, 3.05) is 26.4 Å². The Balaban J connectivity index is 2.37. The van der Waals surface area contributed by atoms with Gasteiger partial charge in [-0.2, -0.15) is 0 Å². The number of carbonyl (C=O) groups excluding carboxylic acids is 3. The summed E-state index contributed by atoms with van der Waals surface area (Å²) in [7, 11) is -3.79. The van der Waals surface area contributed by atoms with Crippen molar-refractivity contribution < 1.29 is 37.0 Å². The van der Waals surface area contributed by atoms with Crippen molar-refractivity contribution in [3.8, 4) is 5.75 Å². The maximum atomic E-state index is 12.1. The van der Waals surface area contributed by atoms with E-state index in [-0.39, 0.29) is 24.5 Å². The predicted octanol–water partition coefficient (Wildman–Crippen LogP) is 0.570. The molecule has 27 heavy (non-hydrogen) atoms. The zero-order valence-electron chi connectivity index (χ0n) is 15.0. The van der Waals surface area contributed by atoms with Gasteiger partial charge in [-0.25, -0.2) is 17.9 Å². The van der Waals surface area contributed by atoms with Gasteiger partial charge in [-0.15, -0.1) is 0 Å². The molecule has 0 aliphatic heterocycles. The van der Waals surface area contributed by atoms with Crippen molar-refractivity contribution in [3.05, 3.63) is 24.3 Å². The minimum absolute atomic E-state index is 0.0214. The summed E-state index contributed by atoms with van der Waals surface area (Å²) in [6.07, 6.45) is -1.23. The van der Waals surface area contributed by atoms with E-state index in [2.05, 4.69) is 14.2 Å². The van der Waals surface area contributed by atoms with E-state index in [0.29, 0.717) is 12.4 Å². The van der Waals surface area contributed by atoms with Crippen LogP contribution in [0.3, 0.4) is 0 Å². The third kappa shape index (κ3) is 8.51. The van der Waals surface area contributed by atoms with Gasteiger partial charge in [0.05, 0.1) is 24.5 Å². The van der Waals surface area contributed by atoms with E-state index in [0.717, 1.165) is 0 Å². The maximum absolute atomic E-state index is 12.1. The molecule has 1 aromatic rings. The van der Waals surface area contributed by atoms with Crippen LogP contribution < -0.4 is 14.8 Å². The fourth-order valence-electron chi connectivity index (χ4n) is 1.79. The maximum Gasteiger partial charge on any atom is 0.413 e. The molecule has 0 fully saturated rings. The molecule has 2 N–H and O–H groups in total. The average Bonchev–Trinajstić information content (AvgIpc) is 2.61. The first-order valence-electron chi connectivity index (χ1n) is 8.13. The second kappa shape index (κ2) is 11.1. The zero-order chi connectivity index (χ0) is 20.3. The first-order valence-corrected chi connectivity index (χ1v) is 9.61. The molecule has 0 radical (unpaired) electrons. The van der Waals surface area contributed by atoms with Crippen LogP contribution in [0, 0.1) is 0 Å². The van der Waals surface area contributed by atoms with Gasteiger partial charge >= 0.3 is 12.1 Å². The van der Waals surface area contributed by atoms with Crippen molar-refractivity contribution in [2.24, 2.45) is 0 Å². The molecule has 0 aliphatic carbocycles. The lowest BCUT2D eigenvalue weighted by Crippen LogP contribution is -2.35. The molecule has 0 saturated carbocycles. The minimum atomic E-state index is -3.79. The van der Waals surface area contributed by atoms with E-state index in [9.17, 15) is 22.8 Å². The van der Waals surface area contributed by atoms with Gasteiger partial charge in [0.25, 0.3) is 5.91 Å². The zero-order valence-corrected chi connectivity index (χ0v) is 15.8. The molecule has 11 heteroatoms. The number of nitrogens with one attached hydrogen (secondary N) is 2. The highest BCUT2D eigenvalue weighted by Gasteiger charge is 2.15. The van der Waals surface area contributed by atoms with Gasteiger partial charge in [0.1, 0.15) is 5.75 Å². The fraction of sp³-hybridized carbons (Fsp3) is 0.438. The molecule has 2 amide bonds. The molecule has 0 atom stereocenters. The first-order chi connectivity index (χ1) is 12.8. The number of esters is 1. The highest BCUT2D eigenvalue weighted by molar-refractivity contribution is 7.89. The van der Waals surface area contributed by atoms with Crippen molar-refractivity contribution in [1.29, 1.82) is 0 Å². The summed E-state index contributed by atoms with van der Waals surface area (Å²) >= 11 is 0. The van der Waals surface area contributed by atoms with Crippen LogP contribution in [0.2, 0.25) is 0 Å². The molecule has 1 rings (SSSR count). The molecular formula is C16H22N2O8S. The number of amides is 2. The third-order valence-electron chi connectivity index (χ3n) is 2.95. The molecular weight excluding hydrogens is 380 g/mol. The van der Waals surface area contributed by atoms with Crippen molar-refractivity contribution in [2.45, 2.75) is 25.2 Å². The average molecular weight is 402 g/mol. The number of ether oxygens (including phenoxy) is 3. The highest BCUT2D eigenvalue weighted by Crippen LogP contribution is 2.15. The van der Waals surface area contributed by atoms with Gasteiger partial charge in [0.2, 0.25) is 10.0 Å². The molecule has 0 aliphatic rings. The van der Waals surface area contributed by atoms with Crippen LogP contribution in [-0.2, 0) is 29.1 Å². The Morgan fingerprint density at radius 2 is 1.67 bits per heavy atom. The monoisotopic (exact) mass is 402 g/mol. The van der Waals surface area contributed by atoms with Gasteiger partial charge < -0.3 is 14.2 Å². The van der Waals surface area contributed by atoms with Crippen molar-refractivity contribution >= 4 is 28.0 Å². The molecule has 0 aromatic heterocycles. The number of hydrogen-bond donors (Lipinski definition) is 2. The summed E-state index contributed by atoms with van der Waals surface area (Å²) in [4.78, 5) is 33.9. The van der Waals surface area contributed by atoms with E-state index in [1.807, 2.05) is 12.2 Å². The Morgan fingerprint density at radius 3 is 2.26 bits per heavy atom. The number of rotatable bonds is 10. The lowest BCUT2D eigenvalue weighted by Gasteiger charge is -2.08. The first kappa shape index (κ1) is 22.4. The van der Waals surface area contributed by atoms with Crippen LogP contribution in [0.25, 0.3) is 0 Å². The van der Waals surface area contributed by atoms with E-state index in [4.69, 9.17) is 4.74 Å². The summed E-state index contributed by atoms with van der Waals surface area (Å²) < 4.78 is 40.8. The molecule has 0 saturated heterocycles. The SMILES string of the molecule is CCOC(=O)NC(=O)COC(=O)CCNS(=O)(=O)c1ccc(OCC)cc1. The van der Waals surface area contributed by atoms with E-state index in [1.54, 1.807) is 6.92 Å². The number of benzene rings is 1. The normalized spacial score (nSPS) is 10.7.